The van der Waals surface area contributed by atoms with Gasteiger partial charge in [-0.05, 0) is 30.7 Å². The number of para-hydroxylation sites is 1. The minimum atomic E-state index is -0.583. The molecule has 0 aliphatic heterocycles. The van der Waals surface area contributed by atoms with Crippen LogP contribution in [0.5, 0.6) is 0 Å². The van der Waals surface area contributed by atoms with Crippen molar-refractivity contribution in [1.29, 1.82) is 5.26 Å². The van der Waals surface area contributed by atoms with E-state index in [0.29, 0.717) is 5.69 Å². The quantitative estimate of drug-likeness (QED) is 0.812. The smallest absolute Gasteiger partial charge is 0.147 e. The number of halogens is 2. The molecule has 0 heterocycles. The Balaban J connectivity index is 2.43. The molecule has 0 bridgehead atoms. The number of aryl methyl sites for hydroxylation is 1. The summed E-state index contributed by atoms with van der Waals surface area (Å²) in [5.74, 6) is -1.10. The van der Waals surface area contributed by atoms with Gasteiger partial charge in [0.2, 0.25) is 0 Å². The molecule has 0 aliphatic carbocycles. The zero-order valence-corrected chi connectivity index (χ0v) is 10.2. The molecular formula is C14H11F2N3. The second-order valence-corrected chi connectivity index (χ2v) is 4.08. The van der Waals surface area contributed by atoms with Crippen molar-refractivity contribution in [2.75, 3.05) is 11.1 Å². The van der Waals surface area contributed by atoms with Gasteiger partial charge in [-0.15, -0.1) is 0 Å². The van der Waals surface area contributed by atoms with Crippen LogP contribution < -0.4 is 11.1 Å². The number of nitrogen functional groups attached to an aromatic ring is 1. The molecule has 0 aromatic heterocycles. The molecule has 0 spiro atoms. The molecule has 19 heavy (non-hydrogen) atoms. The third-order valence-corrected chi connectivity index (χ3v) is 2.74. The Morgan fingerprint density at radius 2 is 1.89 bits per heavy atom. The molecule has 0 aliphatic rings. The van der Waals surface area contributed by atoms with E-state index in [1.165, 1.54) is 6.92 Å². The molecular weight excluding hydrogens is 248 g/mol. The molecule has 2 aromatic carbocycles. The number of nitrogens with one attached hydrogen (secondary N) is 1. The third-order valence-electron chi connectivity index (χ3n) is 2.74. The van der Waals surface area contributed by atoms with Crippen molar-refractivity contribution >= 4 is 17.1 Å². The first-order valence-corrected chi connectivity index (χ1v) is 5.54. The lowest BCUT2D eigenvalue weighted by Gasteiger charge is -2.11. The molecule has 0 unspecified atom stereocenters. The summed E-state index contributed by atoms with van der Waals surface area (Å²) in [5, 5.41) is 11.5. The molecule has 0 saturated heterocycles. The summed E-state index contributed by atoms with van der Waals surface area (Å²) in [4.78, 5) is 0. The van der Waals surface area contributed by atoms with Gasteiger partial charge in [0.25, 0.3) is 0 Å². The average molecular weight is 259 g/mol. The van der Waals surface area contributed by atoms with Crippen LogP contribution in [0.3, 0.4) is 0 Å². The number of hydrogen-bond donors (Lipinski definition) is 2. The number of nitrogens with zero attached hydrogens (tertiary/aromatic N) is 1. The first kappa shape index (κ1) is 12.8. The van der Waals surface area contributed by atoms with Gasteiger partial charge >= 0.3 is 0 Å². The van der Waals surface area contributed by atoms with Crippen LogP contribution in [0.1, 0.15) is 11.1 Å². The minimum absolute atomic E-state index is 0.0233. The van der Waals surface area contributed by atoms with Gasteiger partial charge in [0.05, 0.1) is 22.6 Å². The van der Waals surface area contributed by atoms with Gasteiger partial charge in [0.15, 0.2) is 0 Å². The van der Waals surface area contributed by atoms with Crippen LogP contribution in [0.4, 0.5) is 25.8 Å². The van der Waals surface area contributed by atoms with Crippen molar-refractivity contribution in [3.05, 3.63) is 53.1 Å². The summed E-state index contributed by atoms with van der Waals surface area (Å²) in [6.07, 6.45) is 0. The topological polar surface area (TPSA) is 61.8 Å². The van der Waals surface area contributed by atoms with Gasteiger partial charge in [0, 0.05) is 6.07 Å². The van der Waals surface area contributed by atoms with E-state index in [2.05, 4.69) is 5.32 Å². The largest absolute Gasteiger partial charge is 0.396 e. The van der Waals surface area contributed by atoms with Crippen LogP contribution in [-0.2, 0) is 0 Å². The first-order valence-electron chi connectivity index (χ1n) is 5.54. The van der Waals surface area contributed by atoms with E-state index >= 15 is 0 Å². The molecule has 3 N–H and O–H groups in total. The highest BCUT2D eigenvalue weighted by atomic mass is 19.1. The van der Waals surface area contributed by atoms with Gasteiger partial charge in [-0.1, -0.05) is 6.07 Å². The highest BCUT2D eigenvalue weighted by Crippen LogP contribution is 2.28. The maximum atomic E-state index is 13.7. The minimum Gasteiger partial charge on any atom is -0.396 e. The van der Waals surface area contributed by atoms with Crippen LogP contribution in [0, 0.1) is 29.9 Å². The summed E-state index contributed by atoms with van der Waals surface area (Å²) in [5.41, 5.74) is 6.80. The Bertz CT molecular complexity index is 675. The number of nitriles is 1. The van der Waals surface area contributed by atoms with Gasteiger partial charge in [0.1, 0.15) is 17.7 Å². The van der Waals surface area contributed by atoms with E-state index < -0.39 is 11.6 Å². The zero-order chi connectivity index (χ0) is 14.0. The Hall–Kier alpha value is -2.61. The molecule has 5 heteroatoms. The second kappa shape index (κ2) is 4.94. The lowest BCUT2D eigenvalue weighted by molar-refractivity contribution is 0.595. The van der Waals surface area contributed by atoms with Crippen LogP contribution in [-0.4, -0.2) is 0 Å². The number of benzene rings is 2. The Kier molecular flexibility index (Phi) is 3.34. The average Bonchev–Trinajstić information content (AvgIpc) is 2.38. The zero-order valence-electron chi connectivity index (χ0n) is 10.2. The highest BCUT2D eigenvalue weighted by molar-refractivity contribution is 5.77. The fourth-order valence-corrected chi connectivity index (χ4v) is 1.66. The maximum Gasteiger partial charge on any atom is 0.147 e. The molecule has 2 rings (SSSR count). The molecule has 0 radical (unpaired) electrons. The Labute approximate surface area is 109 Å². The van der Waals surface area contributed by atoms with E-state index in [4.69, 9.17) is 11.0 Å². The van der Waals surface area contributed by atoms with Gasteiger partial charge < -0.3 is 11.1 Å². The molecule has 0 atom stereocenters. The van der Waals surface area contributed by atoms with E-state index in [-0.39, 0.29) is 22.5 Å². The predicted molar refractivity (Wildman–Crippen MR) is 69.9 cm³/mol. The lowest BCUT2D eigenvalue weighted by Crippen LogP contribution is -2.01. The second-order valence-electron chi connectivity index (χ2n) is 4.08. The molecule has 0 amide bonds. The number of rotatable bonds is 2. The number of nitrogens with two attached hydrogens (primary N) is 1. The standard InChI is InChI=1S/C14H11F2N3/c1-8-5-11(16)13(6-10(8)15)19-12-4-2-3-9(7-17)14(12)18/h2-6,19H,18H2,1H3. The molecule has 0 fully saturated rings. The molecule has 96 valence electrons. The summed E-state index contributed by atoms with van der Waals surface area (Å²) in [6.45, 7) is 1.48. The monoisotopic (exact) mass is 259 g/mol. The Morgan fingerprint density at radius 1 is 1.16 bits per heavy atom. The third kappa shape index (κ3) is 2.47. The van der Waals surface area contributed by atoms with Crippen LogP contribution in [0.15, 0.2) is 30.3 Å². The van der Waals surface area contributed by atoms with Crippen molar-refractivity contribution < 1.29 is 8.78 Å². The van der Waals surface area contributed by atoms with E-state index in [1.54, 1.807) is 18.2 Å². The molecule has 2 aromatic rings. The van der Waals surface area contributed by atoms with Crippen molar-refractivity contribution in [2.45, 2.75) is 6.92 Å². The van der Waals surface area contributed by atoms with Gasteiger partial charge in [-0.25, -0.2) is 8.78 Å². The van der Waals surface area contributed by atoms with Crippen molar-refractivity contribution in [1.82, 2.24) is 0 Å². The van der Waals surface area contributed by atoms with Crippen LogP contribution >= 0.6 is 0 Å². The lowest BCUT2D eigenvalue weighted by atomic mass is 10.1. The normalized spacial score (nSPS) is 10.0. The Morgan fingerprint density at radius 3 is 2.58 bits per heavy atom. The van der Waals surface area contributed by atoms with Gasteiger partial charge in [-0.3, -0.25) is 0 Å². The van der Waals surface area contributed by atoms with Crippen LogP contribution in [0.2, 0.25) is 0 Å². The van der Waals surface area contributed by atoms with Crippen LogP contribution in [0.25, 0.3) is 0 Å². The predicted octanol–water partition coefficient (Wildman–Crippen LogP) is 3.47. The maximum absolute atomic E-state index is 13.7. The van der Waals surface area contributed by atoms with Crippen molar-refractivity contribution in [3.8, 4) is 6.07 Å². The first-order chi connectivity index (χ1) is 9.02. The fourth-order valence-electron chi connectivity index (χ4n) is 1.66. The molecule has 3 nitrogen and oxygen atoms in total. The van der Waals surface area contributed by atoms with E-state index in [1.807, 2.05) is 6.07 Å². The molecule has 0 saturated carbocycles. The van der Waals surface area contributed by atoms with E-state index in [9.17, 15) is 8.78 Å². The van der Waals surface area contributed by atoms with E-state index in [0.717, 1.165) is 12.1 Å². The number of hydrogen-bond acceptors (Lipinski definition) is 3. The number of anilines is 3. The van der Waals surface area contributed by atoms with Gasteiger partial charge in [-0.2, -0.15) is 5.26 Å². The summed E-state index contributed by atoms with van der Waals surface area (Å²) >= 11 is 0. The fraction of sp³-hybridized carbons (Fsp3) is 0.0714. The summed E-state index contributed by atoms with van der Waals surface area (Å²) < 4.78 is 27.1. The van der Waals surface area contributed by atoms with Crippen molar-refractivity contribution in [2.24, 2.45) is 0 Å². The summed E-state index contributed by atoms with van der Waals surface area (Å²) in [6, 6.07) is 8.83. The summed E-state index contributed by atoms with van der Waals surface area (Å²) in [7, 11) is 0. The SMILES string of the molecule is Cc1cc(F)c(Nc2cccc(C#N)c2N)cc1F. The van der Waals surface area contributed by atoms with Crippen molar-refractivity contribution in [3.63, 3.8) is 0 Å². The highest BCUT2D eigenvalue weighted by Gasteiger charge is 2.10.